The highest BCUT2D eigenvalue weighted by molar-refractivity contribution is 5.38. The van der Waals surface area contributed by atoms with E-state index in [0.29, 0.717) is 5.92 Å². The first-order valence-electron chi connectivity index (χ1n) is 4.92. The molecule has 3 N–H and O–H groups in total. The first kappa shape index (κ1) is 9.49. The molecule has 1 aliphatic rings. The minimum Gasteiger partial charge on any atom is -0.496 e. The van der Waals surface area contributed by atoms with Gasteiger partial charge in [0, 0.05) is 30.6 Å². The highest BCUT2D eigenvalue weighted by Gasteiger charge is 2.27. The smallest absolute Gasteiger partial charge is 0.122 e. The Morgan fingerprint density at radius 2 is 2.14 bits per heavy atom. The second kappa shape index (κ2) is 3.98. The normalized spacial score (nSPS) is 26.4. The standard InChI is InChI=1S/C11H16N2O/c1-14-11-5-3-2-4-8(11)9-6-13-7-10(9)12/h2-5,9-10,13H,6-7,12H2,1H3/t9-,10-/m0/s1. The molecule has 1 aromatic carbocycles. The summed E-state index contributed by atoms with van der Waals surface area (Å²) in [4.78, 5) is 0. The molecule has 0 amide bonds. The van der Waals surface area contributed by atoms with Crippen LogP contribution in [0.5, 0.6) is 5.75 Å². The number of rotatable bonds is 2. The molecule has 1 saturated heterocycles. The van der Waals surface area contributed by atoms with Gasteiger partial charge in [-0.1, -0.05) is 18.2 Å². The summed E-state index contributed by atoms with van der Waals surface area (Å²) in [6.07, 6.45) is 0. The number of nitrogens with one attached hydrogen (secondary N) is 1. The number of benzene rings is 1. The number of methoxy groups -OCH3 is 1. The van der Waals surface area contributed by atoms with Crippen LogP contribution in [-0.2, 0) is 0 Å². The lowest BCUT2D eigenvalue weighted by molar-refractivity contribution is 0.404. The lowest BCUT2D eigenvalue weighted by Crippen LogP contribution is -2.27. The van der Waals surface area contributed by atoms with Crippen LogP contribution in [0.25, 0.3) is 0 Å². The van der Waals surface area contributed by atoms with E-state index in [1.807, 2.05) is 18.2 Å². The molecule has 2 atom stereocenters. The van der Waals surface area contributed by atoms with Crippen molar-refractivity contribution in [3.63, 3.8) is 0 Å². The van der Waals surface area contributed by atoms with Gasteiger partial charge >= 0.3 is 0 Å². The molecule has 0 unspecified atom stereocenters. The van der Waals surface area contributed by atoms with Gasteiger partial charge in [-0.2, -0.15) is 0 Å². The third-order valence-corrected chi connectivity index (χ3v) is 2.80. The van der Waals surface area contributed by atoms with Gasteiger partial charge in [-0.15, -0.1) is 0 Å². The Morgan fingerprint density at radius 3 is 2.79 bits per heavy atom. The van der Waals surface area contributed by atoms with E-state index in [0.717, 1.165) is 18.8 Å². The Balaban J connectivity index is 2.30. The zero-order chi connectivity index (χ0) is 9.97. The Hall–Kier alpha value is -1.06. The van der Waals surface area contributed by atoms with Gasteiger partial charge in [-0.3, -0.25) is 0 Å². The average molecular weight is 192 g/mol. The first-order chi connectivity index (χ1) is 6.83. The van der Waals surface area contributed by atoms with Crippen molar-refractivity contribution >= 4 is 0 Å². The summed E-state index contributed by atoms with van der Waals surface area (Å²) in [5.41, 5.74) is 7.23. The summed E-state index contributed by atoms with van der Waals surface area (Å²) in [5.74, 6) is 1.32. The maximum atomic E-state index is 6.02. The molecule has 76 valence electrons. The Bertz CT molecular complexity index is 314. The number of hydrogen-bond donors (Lipinski definition) is 2. The molecule has 3 heteroatoms. The first-order valence-corrected chi connectivity index (χ1v) is 4.92. The number of nitrogens with two attached hydrogens (primary N) is 1. The molecule has 0 bridgehead atoms. The second-order valence-electron chi connectivity index (χ2n) is 3.67. The van der Waals surface area contributed by atoms with Crippen LogP contribution in [0.3, 0.4) is 0 Å². The van der Waals surface area contributed by atoms with Crippen molar-refractivity contribution in [3.8, 4) is 5.75 Å². The van der Waals surface area contributed by atoms with Gasteiger partial charge < -0.3 is 15.8 Å². The van der Waals surface area contributed by atoms with Crippen molar-refractivity contribution in [2.75, 3.05) is 20.2 Å². The van der Waals surface area contributed by atoms with Gasteiger partial charge in [0.2, 0.25) is 0 Å². The summed E-state index contributed by atoms with van der Waals surface area (Å²) >= 11 is 0. The molecule has 14 heavy (non-hydrogen) atoms. The largest absolute Gasteiger partial charge is 0.496 e. The third-order valence-electron chi connectivity index (χ3n) is 2.80. The summed E-state index contributed by atoms with van der Waals surface area (Å²) in [6, 6.07) is 8.29. The van der Waals surface area contributed by atoms with Crippen LogP contribution in [0.2, 0.25) is 0 Å². The van der Waals surface area contributed by atoms with Gasteiger partial charge in [0.05, 0.1) is 7.11 Å². The molecular weight excluding hydrogens is 176 g/mol. The van der Waals surface area contributed by atoms with Crippen molar-refractivity contribution in [3.05, 3.63) is 29.8 Å². The predicted octanol–water partition coefficient (Wildman–Crippen LogP) is 0.709. The Morgan fingerprint density at radius 1 is 1.36 bits per heavy atom. The molecule has 1 aromatic rings. The molecular formula is C11H16N2O. The molecule has 1 aliphatic heterocycles. The molecule has 2 rings (SSSR count). The molecule has 0 spiro atoms. The van der Waals surface area contributed by atoms with Gasteiger partial charge in [0.25, 0.3) is 0 Å². The summed E-state index contributed by atoms with van der Waals surface area (Å²) in [7, 11) is 1.70. The molecule has 3 nitrogen and oxygen atoms in total. The number of para-hydroxylation sites is 1. The van der Waals surface area contributed by atoms with Crippen molar-refractivity contribution in [2.24, 2.45) is 5.73 Å². The Kier molecular flexibility index (Phi) is 2.70. The average Bonchev–Trinajstić information content (AvgIpc) is 2.64. The van der Waals surface area contributed by atoms with Gasteiger partial charge in [0.1, 0.15) is 5.75 Å². The fourth-order valence-corrected chi connectivity index (χ4v) is 2.01. The van der Waals surface area contributed by atoms with Crippen molar-refractivity contribution in [2.45, 2.75) is 12.0 Å². The minimum atomic E-state index is 0.200. The topological polar surface area (TPSA) is 47.3 Å². The van der Waals surface area contributed by atoms with Gasteiger partial charge in [0.15, 0.2) is 0 Å². The van der Waals surface area contributed by atoms with Crippen LogP contribution in [0, 0.1) is 0 Å². The quantitative estimate of drug-likeness (QED) is 0.725. The van der Waals surface area contributed by atoms with E-state index in [4.69, 9.17) is 10.5 Å². The maximum Gasteiger partial charge on any atom is 0.122 e. The summed E-state index contributed by atoms with van der Waals surface area (Å²) in [6.45, 7) is 1.84. The van der Waals surface area contributed by atoms with E-state index >= 15 is 0 Å². The van der Waals surface area contributed by atoms with Crippen LogP contribution in [-0.4, -0.2) is 26.2 Å². The lowest BCUT2D eigenvalue weighted by atomic mass is 9.94. The van der Waals surface area contributed by atoms with Crippen LogP contribution in [0.1, 0.15) is 11.5 Å². The van der Waals surface area contributed by atoms with Crippen LogP contribution in [0.4, 0.5) is 0 Å². The number of hydrogen-bond acceptors (Lipinski definition) is 3. The van der Waals surface area contributed by atoms with Crippen molar-refractivity contribution in [1.29, 1.82) is 0 Å². The zero-order valence-corrected chi connectivity index (χ0v) is 8.36. The van der Waals surface area contributed by atoms with E-state index < -0.39 is 0 Å². The summed E-state index contributed by atoms with van der Waals surface area (Å²) < 4.78 is 5.32. The van der Waals surface area contributed by atoms with E-state index in [2.05, 4.69) is 11.4 Å². The van der Waals surface area contributed by atoms with Gasteiger partial charge in [-0.05, 0) is 6.07 Å². The molecule has 0 saturated carbocycles. The van der Waals surface area contributed by atoms with Crippen molar-refractivity contribution < 1.29 is 4.74 Å². The fraction of sp³-hybridized carbons (Fsp3) is 0.455. The van der Waals surface area contributed by atoms with E-state index in [9.17, 15) is 0 Å². The highest BCUT2D eigenvalue weighted by Crippen LogP contribution is 2.29. The van der Waals surface area contributed by atoms with Gasteiger partial charge in [-0.25, -0.2) is 0 Å². The van der Waals surface area contributed by atoms with E-state index in [-0.39, 0.29) is 6.04 Å². The maximum absolute atomic E-state index is 6.02. The Labute approximate surface area is 84.3 Å². The van der Waals surface area contributed by atoms with Crippen LogP contribution >= 0.6 is 0 Å². The minimum absolute atomic E-state index is 0.200. The zero-order valence-electron chi connectivity index (χ0n) is 8.36. The fourth-order valence-electron chi connectivity index (χ4n) is 2.01. The molecule has 0 aliphatic carbocycles. The van der Waals surface area contributed by atoms with Crippen LogP contribution in [0.15, 0.2) is 24.3 Å². The summed E-state index contributed by atoms with van der Waals surface area (Å²) in [5, 5.41) is 3.29. The highest BCUT2D eigenvalue weighted by atomic mass is 16.5. The monoisotopic (exact) mass is 192 g/mol. The van der Waals surface area contributed by atoms with Crippen molar-refractivity contribution in [1.82, 2.24) is 5.32 Å². The second-order valence-corrected chi connectivity index (χ2v) is 3.67. The number of ether oxygens (including phenoxy) is 1. The lowest BCUT2D eigenvalue weighted by Gasteiger charge is -2.17. The molecule has 0 aromatic heterocycles. The predicted molar refractivity (Wildman–Crippen MR) is 56.6 cm³/mol. The van der Waals surface area contributed by atoms with E-state index in [1.165, 1.54) is 5.56 Å². The third kappa shape index (κ3) is 1.61. The van der Waals surface area contributed by atoms with Crippen LogP contribution < -0.4 is 15.8 Å². The molecule has 0 radical (unpaired) electrons. The SMILES string of the molecule is COc1ccccc1[C@@H]1CNC[C@@H]1N. The van der Waals surface area contributed by atoms with E-state index in [1.54, 1.807) is 7.11 Å². The molecule has 1 fully saturated rings. The molecule has 1 heterocycles.